The first kappa shape index (κ1) is 30.2. The number of hydrogen-bond donors (Lipinski definition) is 6. The molecule has 1 saturated heterocycles. The van der Waals surface area contributed by atoms with E-state index in [9.17, 15) is 45.0 Å². The largest absolute Gasteiger partial charge is 0.506 e. The van der Waals surface area contributed by atoms with Crippen LogP contribution in [0.2, 0.25) is 0 Å². The number of benzene rings is 1. The van der Waals surface area contributed by atoms with Crippen LogP contribution in [0.25, 0.3) is 0 Å². The fourth-order valence-corrected chi connectivity index (χ4v) is 8.01. The molecule has 1 heterocycles. The van der Waals surface area contributed by atoms with E-state index in [4.69, 9.17) is 18.9 Å². The molecule has 3 fully saturated rings. The summed E-state index contributed by atoms with van der Waals surface area (Å²) < 4.78 is 22.3. The van der Waals surface area contributed by atoms with Gasteiger partial charge < -0.3 is 49.6 Å². The van der Waals surface area contributed by atoms with Crippen LogP contribution in [-0.2, 0) is 18.9 Å². The smallest absolute Gasteiger partial charge is 0.455 e. The van der Waals surface area contributed by atoms with Gasteiger partial charge in [0.05, 0.1) is 30.3 Å². The third-order valence-electron chi connectivity index (χ3n) is 10.3. The Bertz CT molecular complexity index is 1310. The predicted octanol–water partition coefficient (Wildman–Crippen LogP) is 1.71. The lowest BCUT2D eigenvalue weighted by Crippen LogP contribution is -2.82. The first-order valence-electron chi connectivity index (χ1n) is 13.7. The summed E-state index contributed by atoms with van der Waals surface area (Å²) in [4.78, 5) is 37.4. The van der Waals surface area contributed by atoms with Crippen molar-refractivity contribution in [3.05, 3.63) is 47.0 Å². The van der Waals surface area contributed by atoms with Gasteiger partial charge in [-0.1, -0.05) is 39.0 Å². The summed E-state index contributed by atoms with van der Waals surface area (Å²) in [7, 11) is 0. The van der Waals surface area contributed by atoms with Gasteiger partial charge in [-0.25, -0.2) is 14.4 Å². The Morgan fingerprint density at radius 1 is 0.976 bits per heavy atom. The summed E-state index contributed by atoms with van der Waals surface area (Å²) >= 11 is 0. The van der Waals surface area contributed by atoms with Gasteiger partial charge in [-0.05, 0) is 30.2 Å². The van der Waals surface area contributed by atoms with Gasteiger partial charge in [-0.15, -0.1) is 0 Å². The third kappa shape index (κ3) is 4.05. The highest BCUT2D eigenvalue weighted by Crippen LogP contribution is 2.65. The van der Waals surface area contributed by atoms with Gasteiger partial charge in [0.25, 0.3) is 0 Å². The average Bonchev–Trinajstić information content (AvgIpc) is 2.90. The van der Waals surface area contributed by atoms with Crippen molar-refractivity contribution in [2.75, 3.05) is 6.61 Å². The first-order chi connectivity index (χ1) is 19.5. The molecular weight excluding hydrogens is 556 g/mol. The molecular formula is C29H36O13. The summed E-state index contributed by atoms with van der Waals surface area (Å²) in [6.07, 6.45) is -13.2. The number of rotatable bonds is 4. The number of hydrogen-bond acceptors (Lipinski definition) is 11. The molecule has 0 amide bonds. The highest BCUT2D eigenvalue weighted by atomic mass is 16.7. The van der Waals surface area contributed by atoms with Gasteiger partial charge in [-0.3, -0.25) is 0 Å². The van der Waals surface area contributed by atoms with E-state index < -0.39 is 89.3 Å². The van der Waals surface area contributed by atoms with Gasteiger partial charge in [0, 0.05) is 23.7 Å². The summed E-state index contributed by atoms with van der Waals surface area (Å²) in [5, 5.41) is 67.3. The molecule has 1 aromatic rings. The Morgan fingerprint density at radius 2 is 1.62 bits per heavy atom. The van der Waals surface area contributed by atoms with Crippen LogP contribution in [-0.4, -0.2) is 103 Å². The Labute approximate surface area is 241 Å². The molecule has 6 N–H and O–H groups in total. The quantitative estimate of drug-likeness (QED) is 0.167. The van der Waals surface area contributed by atoms with Crippen LogP contribution in [0.15, 0.2) is 41.5 Å². The van der Waals surface area contributed by atoms with E-state index >= 15 is 0 Å². The fraction of sp³-hybridized carbons (Fsp3) is 0.621. The van der Waals surface area contributed by atoms with Gasteiger partial charge in [-0.2, -0.15) is 0 Å². The zero-order valence-corrected chi connectivity index (χ0v) is 23.6. The van der Waals surface area contributed by atoms with Gasteiger partial charge >= 0.3 is 18.3 Å². The first-order valence-corrected chi connectivity index (χ1v) is 13.7. The number of ether oxygens (including phenoxy) is 4. The van der Waals surface area contributed by atoms with Crippen LogP contribution < -0.4 is 0 Å². The molecule has 0 radical (unpaired) electrons. The third-order valence-corrected chi connectivity index (χ3v) is 10.3. The molecule has 4 aliphatic rings. The second kappa shape index (κ2) is 9.91. The van der Waals surface area contributed by atoms with Crippen molar-refractivity contribution in [1.82, 2.24) is 0 Å². The molecule has 13 nitrogen and oxygen atoms in total. The number of esters is 1. The maximum absolute atomic E-state index is 13.7. The standard InChI is InChI=1S/C29H36O13/c1-13-15(40-24(34)35)11-29(38)22(41-23(33)14-8-6-5-7-9-14)20-27(4,21(32)19(31)18(13)26(29,2)3)16(30)10-17-28(20,12-39-17)42-25(36)37/h5-9,15-17,19-22,30-32,38H,10-12H2,1-4H3,(H,34,35)(H,36,37)/t15-,16-,17+,19+,20?,21-,22-,27+,28-,29+/m0/s1. The SMILES string of the molecule is CC1=C2[C@@H](O)[C@H](O)[C@@]3(C)C([C@H](OC(=O)c4ccccc4)[C@](O)(C[C@@H]1OC(=O)O)C2(C)C)[C@]1(OC(=O)O)CO[C@@H]1C[C@@H]3O. The van der Waals surface area contributed by atoms with E-state index in [0.717, 1.165) is 0 Å². The molecule has 2 saturated carbocycles. The monoisotopic (exact) mass is 592 g/mol. The van der Waals surface area contributed by atoms with Crippen LogP contribution in [0, 0.1) is 16.7 Å². The number of fused-ring (bicyclic) bond motifs is 5. The van der Waals surface area contributed by atoms with Crippen LogP contribution in [0.3, 0.4) is 0 Å². The fourth-order valence-electron chi connectivity index (χ4n) is 8.01. The zero-order chi connectivity index (χ0) is 31.0. The lowest BCUT2D eigenvalue weighted by atomic mass is 9.44. The maximum Gasteiger partial charge on any atom is 0.506 e. The Morgan fingerprint density at radius 3 is 2.17 bits per heavy atom. The molecule has 5 rings (SSSR count). The molecule has 3 aliphatic carbocycles. The lowest BCUT2D eigenvalue weighted by Gasteiger charge is -2.68. The molecule has 10 atom stereocenters. The lowest BCUT2D eigenvalue weighted by molar-refractivity contribution is -0.363. The van der Waals surface area contributed by atoms with Crippen LogP contribution in [0.1, 0.15) is 50.9 Å². The summed E-state index contributed by atoms with van der Waals surface area (Å²) in [5.74, 6) is -2.40. The van der Waals surface area contributed by atoms with Crippen LogP contribution >= 0.6 is 0 Å². The maximum atomic E-state index is 13.7. The highest BCUT2D eigenvalue weighted by molar-refractivity contribution is 5.89. The molecule has 0 spiro atoms. The number of carboxylic acid groups (broad SMARTS) is 2. The van der Waals surface area contributed by atoms with E-state index in [1.165, 1.54) is 26.0 Å². The van der Waals surface area contributed by atoms with E-state index in [0.29, 0.717) is 0 Å². The average molecular weight is 593 g/mol. The second-order valence-corrected chi connectivity index (χ2v) is 12.5. The van der Waals surface area contributed by atoms with E-state index in [-0.39, 0.29) is 29.7 Å². The minimum absolute atomic E-state index is 0.0443. The molecule has 2 bridgehead atoms. The summed E-state index contributed by atoms with van der Waals surface area (Å²) in [5.41, 5.74) is -7.08. The number of aliphatic hydroxyl groups excluding tert-OH is 3. The van der Waals surface area contributed by atoms with Crippen molar-refractivity contribution in [3.63, 3.8) is 0 Å². The number of carbonyl (C=O) groups excluding carboxylic acids is 1. The van der Waals surface area contributed by atoms with Crippen molar-refractivity contribution < 1.29 is 64.0 Å². The Balaban J connectivity index is 1.82. The van der Waals surface area contributed by atoms with E-state index in [1.54, 1.807) is 32.0 Å². The van der Waals surface area contributed by atoms with Crippen LogP contribution in [0.4, 0.5) is 9.59 Å². The zero-order valence-electron chi connectivity index (χ0n) is 23.6. The van der Waals surface area contributed by atoms with Crippen molar-refractivity contribution in [1.29, 1.82) is 0 Å². The number of carbonyl (C=O) groups is 3. The summed E-state index contributed by atoms with van der Waals surface area (Å²) in [6.45, 7) is 5.66. The molecule has 13 heteroatoms. The van der Waals surface area contributed by atoms with E-state index in [2.05, 4.69) is 0 Å². The second-order valence-electron chi connectivity index (χ2n) is 12.5. The highest BCUT2D eigenvalue weighted by Gasteiger charge is 2.78. The van der Waals surface area contributed by atoms with Gasteiger partial charge in [0.15, 0.2) is 5.60 Å². The normalized spacial score (nSPS) is 42.0. The molecule has 230 valence electrons. The molecule has 0 aromatic heterocycles. The van der Waals surface area contributed by atoms with Crippen molar-refractivity contribution >= 4 is 18.3 Å². The molecule has 1 aromatic carbocycles. The predicted molar refractivity (Wildman–Crippen MR) is 140 cm³/mol. The van der Waals surface area contributed by atoms with Crippen molar-refractivity contribution in [3.8, 4) is 0 Å². The van der Waals surface area contributed by atoms with Crippen LogP contribution in [0.5, 0.6) is 0 Å². The number of aliphatic hydroxyl groups is 4. The Kier molecular flexibility index (Phi) is 7.14. The minimum Gasteiger partial charge on any atom is -0.455 e. The van der Waals surface area contributed by atoms with Crippen molar-refractivity contribution in [2.24, 2.45) is 16.7 Å². The topological polar surface area (TPSA) is 210 Å². The molecule has 42 heavy (non-hydrogen) atoms. The van der Waals surface area contributed by atoms with E-state index in [1.807, 2.05) is 0 Å². The molecule has 1 unspecified atom stereocenters. The van der Waals surface area contributed by atoms with Gasteiger partial charge in [0.1, 0.15) is 30.0 Å². The summed E-state index contributed by atoms with van der Waals surface area (Å²) in [6, 6.07) is 7.80. The molecule has 1 aliphatic heterocycles. The van der Waals surface area contributed by atoms with Crippen molar-refractivity contribution in [2.45, 2.75) is 88.4 Å². The minimum atomic E-state index is -2.26. The van der Waals surface area contributed by atoms with Gasteiger partial charge in [0.2, 0.25) is 0 Å². The Hall–Kier alpha value is -3.23.